The number of halogens is 2. The third kappa shape index (κ3) is 3.49. The Labute approximate surface area is 115 Å². The van der Waals surface area contributed by atoms with Crippen LogP contribution >= 0.6 is 0 Å². The molecule has 0 aliphatic heterocycles. The number of hydrazine groups is 1. The van der Waals surface area contributed by atoms with Crippen LogP contribution in [-0.2, 0) is 6.42 Å². The molecule has 0 aliphatic rings. The normalized spacial score (nSPS) is 12.2. The SMILES string of the molecule is COc1ccc(CC(NN)c2cc(F)cc(F)c2)cn1. The number of aromatic nitrogens is 1. The number of benzene rings is 1. The zero-order valence-electron chi connectivity index (χ0n) is 10.9. The molecule has 1 aromatic heterocycles. The molecule has 106 valence electrons. The van der Waals surface area contributed by atoms with Gasteiger partial charge in [0, 0.05) is 18.3 Å². The number of pyridine rings is 1. The van der Waals surface area contributed by atoms with Gasteiger partial charge in [-0.25, -0.2) is 13.8 Å². The molecule has 3 N–H and O–H groups in total. The Balaban J connectivity index is 2.19. The van der Waals surface area contributed by atoms with Gasteiger partial charge in [0.05, 0.1) is 13.2 Å². The third-order valence-electron chi connectivity index (χ3n) is 2.94. The summed E-state index contributed by atoms with van der Waals surface area (Å²) >= 11 is 0. The molecule has 20 heavy (non-hydrogen) atoms. The summed E-state index contributed by atoms with van der Waals surface area (Å²) in [6.45, 7) is 0. The molecule has 0 fully saturated rings. The first-order valence-corrected chi connectivity index (χ1v) is 6.03. The van der Waals surface area contributed by atoms with E-state index in [1.54, 1.807) is 12.3 Å². The predicted molar refractivity (Wildman–Crippen MR) is 70.9 cm³/mol. The Hall–Kier alpha value is -2.05. The fraction of sp³-hybridized carbons (Fsp3) is 0.214. The maximum Gasteiger partial charge on any atom is 0.212 e. The summed E-state index contributed by atoms with van der Waals surface area (Å²) in [6, 6.07) is 6.47. The van der Waals surface area contributed by atoms with E-state index in [-0.39, 0.29) is 0 Å². The van der Waals surface area contributed by atoms with Crippen LogP contribution in [0.25, 0.3) is 0 Å². The van der Waals surface area contributed by atoms with Crippen LogP contribution < -0.4 is 16.0 Å². The minimum Gasteiger partial charge on any atom is -0.481 e. The average Bonchev–Trinajstić information content (AvgIpc) is 2.44. The number of methoxy groups -OCH3 is 1. The second kappa shape index (κ2) is 6.40. The van der Waals surface area contributed by atoms with E-state index < -0.39 is 17.7 Å². The number of nitrogens with two attached hydrogens (primary N) is 1. The molecular formula is C14H15F2N3O. The fourth-order valence-electron chi connectivity index (χ4n) is 1.94. The van der Waals surface area contributed by atoms with Gasteiger partial charge in [-0.05, 0) is 29.7 Å². The average molecular weight is 279 g/mol. The summed E-state index contributed by atoms with van der Waals surface area (Å²) in [6.07, 6.45) is 2.09. The van der Waals surface area contributed by atoms with E-state index in [9.17, 15) is 8.78 Å². The molecule has 1 atom stereocenters. The first-order chi connectivity index (χ1) is 9.62. The highest BCUT2D eigenvalue weighted by Gasteiger charge is 2.13. The Morgan fingerprint density at radius 2 is 1.95 bits per heavy atom. The van der Waals surface area contributed by atoms with Crippen molar-refractivity contribution in [3.8, 4) is 5.88 Å². The van der Waals surface area contributed by atoms with Gasteiger partial charge in [0.25, 0.3) is 0 Å². The molecule has 0 spiro atoms. The minimum atomic E-state index is -0.631. The van der Waals surface area contributed by atoms with Crippen LogP contribution in [-0.4, -0.2) is 12.1 Å². The van der Waals surface area contributed by atoms with Crippen LogP contribution in [0, 0.1) is 11.6 Å². The van der Waals surface area contributed by atoms with Gasteiger partial charge in [0.2, 0.25) is 5.88 Å². The zero-order chi connectivity index (χ0) is 14.5. The van der Waals surface area contributed by atoms with E-state index >= 15 is 0 Å². The first kappa shape index (κ1) is 14.4. The van der Waals surface area contributed by atoms with Crippen molar-refractivity contribution in [2.24, 2.45) is 5.84 Å². The lowest BCUT2D eigenvalue weighted by molar-refractivity contribution is 0.397. The lowest BCUT2D eigenvalue weighted by Crippen LogP contribution is -2.29. The van der Waals surface area contributed by atoms with Crippen LogP contribution in [0.1, 0.15) is 17.2 Å². The largest absolute Gasteiger partial charge is 0.481 e. The van der Waals surface area contributed by atoms with Gasteiger partial charge < -0.3 is 4.74 Å². The van der Waals surface area contributed by atoms with Gasteiger partial charge in [-0.1, -0.05) is 6.07 Å². The van der Waals surface area contributed by atoms with Gasteiger partial charge in [0.1, 0.15) is 11.6 Å². The lowest BCUT2D eigenvalue weighted by Gasteiger charge is -2.16. The van der Waals surface area contributed by atoms with Crippen molar-refractivity contribution in [3.05, 3.63) is 59.3 Å². The van der Waals surface area contributed by atoms with Crippen molar-refractivity contribution < 1.29 is 13.5 Å². The molecule has 1 heterocycles. The molecule has 0 amide bonds. The second-order valence-corrected chi connectivity index (χ2v) is 4.33. The topological polar surface area (TPSA) is 60.2 Å². The third-order valence-corrected chi connectivity index (χ3v) is 2.94. The van der Waals surface area contributed by atoms with Crippen LogP contribution in [0.2, 0.25) is 0 Å². The lowest BCUT2D eigenvalue weighted by atomic mass is 10.0. The van der Waals surface area contributed by atoms with Crippen molar-refractivity contribution in [2.75, 3.05) is 7.11 Å². The van der Waals surface area contributed by atoms with Crippen molar-refractivity contribution in [1.82, 2.24) is 10.4 Å². The van der Waals surface area contributed by atoms with Crippen molar-refractivity contribution in [1.29, 1.82) is 0 Å². The molecule has 0 aliphatic carbocycles. The number of rotatable bonds is 5. The summed E-state index contributed by atoms with van der Waals surface area (Å²) < 4.78 is 31.4. The zero-order valence-corrected chi connectivity index (χ0v) is 10.9. The van der Waals surface area contributed by atoms with Gasteiger partial charge in [-0.2, -0.15) is 0 Å². The van der Waals surface area contributed by atoms with E-state index in [0.717, 1.165) is 11.6 Å². The number of hydrogen-bond donors (Lipinski definition) is 2. The highest BCUT2D eigenvalue weighted by atomic mass is 19.1. The molecule has 1 unspecified atom stereocenters. The predicted octanol–water partition coefficient (Wildman–Crippen LogP) is 2.12. The smallest absolute Gasteiger partial charge is 0.212 e. The fourth-order valence-corrected chi connectivity index (χ4v) is 1.94. The molecule has 0 bridgehead atoms. The summed E-state index contributed by atoms with van der Waals surface area (Å²) in [7, 11) is 1.53. The first-order valence-electron chi connectivity index (χ1n) is 6.03. The highest BCUT2D eigenvalue weighted by Crippen LogP contribution is 2.20. The Morgan fingerprint density at radius 3 is 2.45 bits per heavy atom. The van der Waals surface area contributed by atoms with Gasteiger partial charge in [0.15, 0.2) is 0 Å². The van der Waals surface area contributed by atoms with Crippen LogP contribution in [0.5, 0.6) is 5.88 Å². The summed E-state index contributed by atoms with van der Waals surface area (Å²) in [5.74, 6) is 4.71. The molecule has 6 heteroatoms. The second-order valence-electron chi connectivity index (χ2n) is 4.33. The van der Waals surface area contributed by atoms with E-state index in [2.05, 4.69) is 10.4 Å². The van der Waals surface area contributed by atoms with Crippen LogP contribution in [0.3, 0.4) is 0 Å². The molecule has 4 nitrogen and oxygen atoms in total. The molecule has 2 rings (SSSR count). The van der Waals surface area contributed by atoms with E-state index in [1.807, 2.05) is 6.07 Å². The number of nitrogens with one attached hydrogen (secondary N) is 1. The van der Waals surface area contributed by atoms with Crippen molar-refractivity contribution in [3.63, 3.8) is 0 Å². The number of hydrogen-bond acceptors (Lipinski definition) is 4. The maximum atomic E-state index is 13.2. The van der Waals surface area contributed by atoms with Crippen LogP contribution in [0.15, 0.2) is 36.5 Å². The van der Waals surface area contributed by atoms with E-state index in [1.165, 1.54) is 19.2 Å². The van der Waals surface area contributed by atoms with Gasteiger partial charge >= 0.3 is 0 Å². The monoisotopic (exact) mass is 279 g/mol. The number of ether oxygens (including phenoxy) is 1. The molecule has 0 saturated carbocycles. The van der Waals surface area contributed by atoms with E-state index in [4.69, 9.17) is 10.6 Å². The van der Waals surface area contributed by atoms with E-state index in [0.29, 0.717) is 17.9 Å². The standard InChI is InChI=1S/C14H15F2N3O/c1-20-14-3-2-9(8-18-14)4-13(19-17)10-5-11(15)7-12(16)6-10/h2-3,5-8,13,19H,4,17H2,1H3. The number of nitrogens with zero attached hydrogens (tertiary/aromatic N) is 1. The Morgan fingerprint density at radius 1 is 1.25 bits per heavy atom. The maximum absolute atomic E-state index is 13.2. The summed E-state index contributed by atoms with van der Waals surface area (Å²) in [5.41, 5.74) is 3.88. The van der Waals surface area contributed by atoms with Gasteiger partial charge in [-0.15, -0.1) is 0 Å². The van der Waals surface area contributed by atoms with Crippen molar-refractivity contribution >= 4 is 0 Å². The van der Waals surface area contributed by atoms with Crippen molar-refractivity contribution in [2.45, 2.75) is 12.5 Å². The quantitative estimate of drug-likeness (QED) is 0.650. The Kier molecular flexibility index (Phi) is 4.60. The van der Waals surface area contributed by atoms with Crippen LogP contribution in [0.4, 0.5) is 8.78 Å². The molecule has 0 saturated heterocycles. The molecular weight excluding hydrogens is 264 g/mol. The molecule has 0 radical (unpaired) electrons. The summed E-state index contributed by atoms with van der Waals surface area (Å²) in [4.78, 5) is 4.07. The van der Waals surface area contributed by atoms with Gasteiger partial charge in [-0.3, -0.25) is 11.3 Å². The highest BCUT2D eigenvalue weighted by molar-refractivity contribution is 5.25. The Bertz CT molecular complexity index is 555. The molecule has 1 aromatic carbocycles. The molecule has 2 aromatic rings. The summed E-state index contributed by atoms with van der Waals surface area (Å²) in [5, 5.41) is 0. The minimum absolute atomic E-state index is 0.407.